The Kier molecular flexibility index (Phi) is 2.94. The second-order valence-electron chi connectivity index (χ2n) is 6.92. The highest BCUT2D eigenvalue weighted by Gasteiger charge is 2.45. The Bertz CT molecular complexity index is 664. The molecule has 2 nitrogen and oxygen atoms in total. The molecule has 2 aromatic rings. The van der Waals surface area contributed by atoms with Crippen molar-refractivity contribution in [3.8, 4) is 11.1 Å². The van der Waals surface area contributed by atoms with Crippen LogP contribution in [0.5, 0.6) is 0 Å². The topological polar surface area (TPSA) is 29.1 Å². The van der Waals surface area contributed by atoms with E-state index < -0.39 is 5.41 Å². The molecule has 1 aliphatic carbocycles. The second-order valence-corrected chi connectivity index (χ2v) is 6.92. The molecule has 0 saturated heterocycles. The number of amides is 1. The number of carbonyl (C=O) groups excluding carboxylic acids is 1. The van der Waals surface area contributed by atoms with Gasteiger partial charge < -0.3 is 5.32 Å². The number of hydrogen-bond donors (Lipinski definition) is 1. The van der Waals surface area contributed by atoms with E-state index in [1.165, 1.54) is 11.1 Å². The van der Waals surface area contributed by atoms with Gasteiger partial charge in [-0.1, -0.05) is 48.5 Å². The summed E-state index contributed by atoms with van der Waals surface area (Å²) in [4.78, 5) is 13.0. The monoisotopic (exact) mass is 279 g/mol. The van der Waals surface area contributed by atoms with E-state index in [9.17, 15) is 4.79 Å². The zero-order chi connectivity index (χ0) is 15.3. The Labute approximate surface area is 126 Å². The molecule has 0 aliphatic heterocycles. The summed E-state index contributed by atoms with van der Waals surface area (Å²) < 4.78 is 0. The fraction of sp³-hybridized carbons (Fsp3) is 0.316. The van der Waals surface area contributed by atoms with Crippen molar-refractivity contribution < 1.29 is 4.79 Å². The van der Waals surface area contributed by atoms with Crippen molar-refractivity contribution in [2.24, 2.45) is 0 Å². The first-order valence-corrected chi connectivity index (χ1v) is 7.36. The van der Waals surface area contributed by atoms with Crippen LogP contribution in [0.15, 0.2) is 48.5 Å². The lowest BCUT2D eigenvalue weighted by atomic mass is 9.78. The zero-order valence-electron chi connectivity index (χ0n) is 13.0. The molecule has 0 heterocycles. The van der Waals surface area contributed by atoms with Crippen LogP contribution in [0.1, 0.15) is 38.8 Å². The van der Waals surface area contributed by atoms with Crippen molar-refractivity contribution in [1.29, 1.82) is 0 Å². The minimum absolute atomic E-state index is 0.0624. The highest BCUT2D eigenvalue weighted by molar-refractivity contribution is 6.00. The van der Waals surface area contributed by atoms with Gasteiger partial charge in [-0.3, -0.25) is 4.79 Å². The molecular weight excluding hydrogens is 258 g/mol. The number of rotatable bonds is 1. The van der Waals surface area contributed by atoms with E-state index in [1.54, 1.807) is 0 Å². The summed E-state index contributed by atoms with van der Waals surface area (Å²) in [7, 11) is 0. The van der Waals surface area contributed by atoms with Crippen molar-refractivity contribution in [2.45, 2.75) is 38.6 Å². The zero-order valence-corrected chi connectivity index (χ0v) is 13.0. The van der Waals surface area contributed by atoms with Crippen LogP contribution in [-0.2, 0) is 10.2 Å². The summed E-state index contributed by atoms with van der Waals surface area (Å²) in [5.74, 6) is 0.0624. The maximum absolute atomic E-state index is 13.0. The van der Waals surface area contributed by atoms with Gasteiger partial charge in [0.2, 0.25) is 5.91 Å². The molecule has 1 amide bonds. The second kappa shape index (κ2) is 4.45. The van der Waals surface area contributed by atoms with Crippen LogP contribution in [0.25, 0.3) is 11.1 Å². The average Bonchev–Trinajstić information content (AvgIpc) is 2.70. The molecule has 2 aromatic carbocycles. The first-order chi connectivity index (χ1) is 9.84. The lowest BCUT2D eigenvalue weighted by molar-refractivity contribution is -0.126. The number of fused-ring (bicyclic) bond motifs is 3. The standard InChI is InChI=1S/C19H21NO/c1-18(2,3)20-17(21)19(4)15-11-7-5-9-13(15)14-10-6-8-12-16(14)19/h5-12H,1-4H3,(H,20,21). The molecule has 0 spiro atoms. The van der Waals surface area contributed by atoms with E-state index >= 15 is 0 Å². The Morgan fingerprint density at radius 2 is 1.33 bits per heavy atom. The van der Waals surface area contributed by atoms with Gasteiger partial charge in [-0.2, -0.15) is 0 Å². The average molecular weight is 279 g/mol. The summed E-state index contributed by atoms with van der Waals surface area (Å²) in [5, 5.41) is 3.14. The van der Waals surface area contributed by atoms with Gasteiger partial charge in [0.1, 0.15) is 0 Å². The Balaban J connectivity index is 2.20. The van der Waals surface area contributed by atoms with Gasteiger partial charge in [-0.15, -0.1) is 0 Å². The van der Waals surface area contributed by atoms with Crippen LogP contribution in [0.4, 0.5) is 0 Å². The molecule has 2 heteroatoms. The molecule has 1 N–H and O–H groups in total. The molecule has 108 valence electrons. The minimum Gasteiger partial charge on any atom is -0.350 e. The van der Waals surface area contributed by atoms with Gasteiger partial charge in [0.25, 0.3) is 0 Å². The molecule has 0 bridgehead atoms. The number of carbonyl (C=O) groups is 1. The summed E-state index contributed by atoms with van der Waals surface area (Å²) in [6, 6.07) is 16.4. The summed E-state index contributed by atoms with van der Waals surface area (Å²) in [6.45, 7) is 8.07. The fourth-order valence-corrected chi connectivity index (χ4v) is 3.16. The molecule has 3 rings (SSSR count). The van der Waals surface area contributed by atoms with Crippen LogP contribution in [0, 0.1) is 0 Å². The van der Waals surface area contributed by atoms with Gasteiger partial charge in [0.05, 0.1) is 5.41 Å². The van der Waals surface area contributed by atoms with Gasteiger partial charge >= 0.3 is 0 Å². The Hall–Kier alpha value is -2.09. The molecule has 0 unspecified atom stereocenters. The maximum Gasteiger partial charge on any atom is 0.235 e. The summed E-state index contributed by atoms with van der Waals surface area (Å²) >= 11 is 0. The number of benzene rings is 2. The Morgan fingerprint density at radius 1 is 0.905 bits per heavy atom. The van der Waals surface area contributed by atoms with Crippen molar-refractivity contribution in [3.63, 3.8) is 0 Å². The van der Waals surface area contributed by atoms with Crippen LogP contribution in [-0.4, -0.2) is 11.4 Å². The smallest absolute Gasteiger partial charge is 0.235 e. The molecule has 0 aromatic heterocycles. The lowest BCUT2D eigenvalue weighted by Crippen LogP contribution is -2.49. The molecule has 0 atom stereocenters. The van der Waals surface area contributed by atoms with Crippen molar-refractivity contribution in [1.82, 2.24) is 5.32 Å². The van der Waals surface area contributed by atoms with Crippen molar-refractivity contribution in [3.05, 3.63) is 59.7 Å². The predicted molar refractivity (Wildman–Crippen MR) is 86.2 cm³/mol. The SMILES string of the molecule is CC(C)(C)NC(=O)C1(C)c2ccccc2-c2ccccc21. The van der Waals surface area contributed by atoms with Gasteiger partial charge in [0.15, 0.2) is 0 Å². The van der Waals surface area contributed by atoms with E-state index in [0.29, 0.717) is 0 Å². The van der Waals surface area contributed by atoms with E-state index in [-0.39, 0.29) is 11.4 Å². The van der Waals surface area contributed by atoms with Crippen molar-refractivity contribution >= 4 is 5.91 Å². The number of hydrogen-bond acceptors (Lipinski definition) is 1. The first-order valence-electron chi connectivity index (χ1n) is 7.36. The van der Waals surface area contributed by atoms with Crippen LogP contribution < -0.4 is 5.32 Å². The fourth-order valence-electron chi connectivity index (χ4n) is 3.16. The van der Waals surface area contributed by atoms with E-state index in [2.05, 4.69) is 29.6 Å². The largest absolute Gasteiger partial charge is 0.350 e. The summed E-state index contributed by atoms with van der Waals surface area (Å²) in [6.07, 6.45) is 0. The highest BCUT2D eigenvalue weighted by atomic mass is 16.2. The third-order valence-electron chi connectivity index (χ3n) is 4.16. The molecule has 0 saturated carbocycles. The third kappa shape index (κ3) is 2.06. The molecule has 21 heavy (non-hydrogen) atoms. The highest BCUT2D eigenvalue weighted by Crippen LogP contribution is 2.48. The normalized spacial score (nSPS) is 15.2. The van der Waals surface area contributed by atoms with Gasteiger partial charge in [-0.05, 0) is 49.9 Å². The molecular formula is C19H21NO. The first kappa shape index (κ1) is 13.9. The summed E-state index contributed by atoms with van der Waals surface area (Å²) in [5.41, 5.74) is 3.65. The predicted octanol–water partition coefficient (Wildman–Crippen LogP) is 3.89. The quantitative estimate of drug-likeness (QED) is 0.843. The third-order valence-corrected chi connectivity index (χ3v) is 4.16. The molecule has 0 fully saturated rings. The van der Waals surface area contributed by atoms with E-state index in [1.807, 2.05) is 52.0 Å². The van der Waals surface area contributed by atoms with Gasteiger partial charge in [0, 0.05) is 5.54 Å². The van der Waals surface area contributed by atoms with Crippen LogP contribution >= 0.6 is 0 Å². The van der Waals surface area contributed by atoms with Crippen molar-refractivity contribution in [2.75, 3.05) is 0 Å². The lowest BCUT2D eigenvalue weighted by Gasteiger charge is -2.31. The van der Waals surface area contributed by atoms with E-state index in [4.69, 9.17) is 0 Å². The van der Waals surface area contributed by atoms with Crippen LogP contribution in [0.3, 0.4) is 0 Å². The Morgan fingerprint density at radius 3 is 1.76 bits per heavy atom. The molecule has 1 aliphatic rings. The van der Waals surface area contributed by atoms with Gasteiger partial charge in [-0.25, -0.2) is 0 Å². The number of nitrogens with one attached hydrogen (secondary N) is 1. The molecule has 0 radical (unpaired) electrons. The minimum atomic E-state index is -0.625. The van der Waals surface area contributed by atoms with Crippen LogP contribution in [0.2, 0.25) is 0 Å². The maximum atomic E-state index is 13.0. The van der Waals surface area contributed by atoms with E-state index in [0.717, 1.165) is 11.1 Å².